The highest BCUT2D eigenvalue weighted by atomic mass is 15.2. The summed E-state index contributed by atoms with van der Waals surface area (Å²) in [5.74, 6) is 0.931. The Hall–Kier alpha value is -0.0800. The van der Waals surface area contributed by atoms with Crippen molar-refractivity contribution < 1.29 is 0 Å². The number of nitrogens with zero attached hydrogens (tertiary/aromatic N) is 2. The van der Waals surface area contributed by atoms with Gasteiger partial charge in [-0.2, -0.15) is 0 Å². The van der Waals surface area contributed by atoms with E-state index in [2.05, 4.69) is 44.4 Å². The van der Waals surface area contributed by atoms with Crippen molar-refractivity contribution in [2.75, 3.05) is 32.7 Å². The van der Waals surface area contributed by atoms with Crippen molar-refractivity contribution in [3.63, 3.8) is 0 Å². The maximum absolute atomic E-state index is 2.64. The zero-order valence-corrected chi connectivity index (χ0v) is 12.6. The molecule has 0 unspecified atom stereocenters. The molecule has 2 heteroatoms. The Balaban J connectivity index is 2.31. The molecule has 0 spiro atoms. The number of likely N-dealkylation sites (tertiary alicyclic amines) is 1. The van der Waals surface area contributed by atoms with Gasteiger partial charge in [-0.25, -0.2) is 0 Å². The van der Waals surface area contributed by atoms with Gasteiger partial charge in [-0.15, -0.1) is 0 Å². The molecule has 1 rings (SSSR count). The van der Waals surface area contributed by atoms with E-state index < -0.39 is 0 Å². The third-order valence-electron chi connectivity index (χ3n) is 4.07. The smallest absolute Gasteiger partial charge is 0.0125 e. The predicted molar refractivity (Wildman–Crippen MR) is 76.5 cm³/mol. The SMILES string of the molecule is CCCN(CC)CC1CCN(C(C)(C)C)CC1. The fourth-order valence-electron chi connectivity index (χ4n) is 2.85. The summed E-state index contributed by atoms with van der Waals surface area (Å²) in [6.07, 6.45) is 4.06. The molecule has 1 aliphatic heterocycles. The van der Waals surface area contributed by atoms with Gasteiger partial charge < -0.3 is 4.90 Å². The van der Waals surface area contributed by atoms with Gasteiger partial charge in [-0.05, 0) is 72.1 Å². The van der Waals surface area contributed by atoms with E-state index in [4.69, 9.17) is 0 Å². The molecule has 0 aromatic rings. The largest absolute Gasteiger partial charge is 0.303 e. The van der Waals surface area contributed by atoms with E-state index in [0.717, 1.165) is 5.92 Å². The molecule has 0 aromatic heterocycles. The van der Waals surface area contributed by atoms with Gasteiger partial charge in [0.1, 0.15) is 0 Å². The second-order valence-electron chi connectivity index (χ2n) is 6.49. The highest BCUT2D eigenvalue weighted by Gasteiger charge is 2.27. The minimum absolute atomic E-state index is 0.360. The van der Waals surface area contributed by atoms with Gasteiger partial charge in [-0.3, -0.25) is 4.90 Å². The van der Waals surface area contributed by atoms with Crippen LogP contribution < -0.4 is 0 Å². The molecule has 2 nitrogen and oxygen atoms in total. The van der Waals surface area contributed by atoms with Crippen molar-refractivity contribution in [3.05, 3.63) is 0 Å². The average molecular weight is 240 g/mol. The van der Waals surface area contributed by atoms with Crippen LogP contribution in [0.15, 0.2) is 0 Å². The Bertz CT molecular complexity index is 199. The first kappa shape index (κ1) is 15.0. The molecule has 0 bridgehead atoms. The number of piperidine rings is 1. The summed E-state index contributed by atoms with van der Waals surface area (Å²) < 4.78 is 0. The molecular formula is C15H32N2. The third-order valence-corrected chi connectivity index (χ3v) is 4.07. The van der Waals surface area contributed by atoms with Crippen LogP contribution in [0.2, 0.25) is 0 Å². The van der Waals surface area contributed by atoms with Crippen LogP contribution in [0.3, 0.4) is 0 Å². The van der Waals surface area contributed by atoms with Gasteiger partial charge >= 0.3 is 0 Å². The van der Waals surface area contributed by atoms with E-state index >= 15 is 0 Å². The number of hydrogen-bond donors (Lipinski definition) is 0. The fraction of sp³-hybridized carbons (Fsp3) is 1.00. The van der Waals surface area contributed by atoms with Crippen molar-refractivity contribution in [1.82, 2.24) is 9.80 Å². The first-order chi connectivity index (χ1) is 7.97. The molecule has 1 aliphatic rings. The molecular weight excluding hydrogens is 208 g/mol. The molecule has 0 atom stereocenters. The summed E-state index contributed by atoms with van der Waals surface area (Å²) in [7, 11) is 0. The summed E-state index contributed by atoms with van der Waals surface area (Å²) in [4.78, 5) is 5.26. The highest BCUT2D eigenvalue weighted by molar-refractivity contribution is 4.82. The Morgan fingerprint density at radius 2 is 1.71 bits per heavy atom. The van der Waals surface area contributed by atoms with Gasteiger partial charge in [0, 0.05) is 12.1 Å². The highest BCUT2D eigenvalue weighted by Crippen LogP contribution is 2.24. The Labute approximate surface area is 108 Å². The van der Waals surface area contributed by atoms with Crippen LogP contribution >= 0.6 is 0 Å². The van der Waals surface area contributed by atoms with E-state index in [9.17, 15) is 0 Å². The third kappa shape index (κ3) is 4.97. The van der Waals surface area contributed by atoms with E-state index in [1.54, 1.807) is 0 Å². The molecule has 102 valence electrons. The summed E-state index contributed by atoms with van der Waals surface area (Å²) in [6, 6.07) is 0. The lowest BCUT2D eigenvalue weighted by molar-refractivity contribution is 0.0751. The quantitative estimate of drug-likeness (QED) is 0.728. The monoisotopic (exact) mass is 240 g/mol. The van der Waals surface area contributed by atoms with E-state index in [0.29, 0.717) is 5.54 Å². The van der Waals surface area contributed by atoms with Crippen LogP contribution in [0.25, 0.3) is 0 Å². The summed E-state index contributed by atoms with van der Waals surface area (Å²) in [5, 5.41) is 0. The Morgan fingerprint density at radius 1 is 1.12 bits per heavy atom. The van der Waals surface area contributed by atoms with E-state index in [-0.39, 0.29) is 0 Å². The Morgan fingerprint density at radius 3 is 2.12 bits per heavy atom. The minimum Gasteiger partial charge on any atom is -0.303 e. The molecule has 0 aromatic carbocycles. The maximum Gasteiger partial charge on any atom is 0.0125 e. The topological polar surface area (TPSA) is 6.48 Å². The fourth-order valence-corrected chi connectivity index (χ4v) is 2.85. The lowest BCUT2D eigenvalue weighted by atomic mass is 9.92. The van der Waals surface area contributed by atoms with Crippen molar-refractivity contribution in [3.8, 4) is 0 Å². The maximum atomic E-state index is 2.64. The molecule has 1 fully saturated rings. The first-order valence-corrected chi connectivity index (χ1v) is 7.44. The average Bonchev–Trinajstić information content (AvgIpc) is 2.28. The molecule has 1 heterocycles. The molecule has 0 aliphatic carbocycles. The summed E-state index contributed by atoms with van der Waals surface area (Å²) in [5.41, 5.74) is 0.360. The lowest BCUT2D eigenvalue weighted by Crippen LogP contribution is -2.47. The predicted octanol–water partition coefficient (Wildman–Crippen LogP) is 3.23. The van der Waals surface area contributed by atoms with Gasteiger partial charge in [0.15, 0.2) is 0 Å². The Kier molecular flexibility index (Phi) is 5.94. The van der Waals surface area contributed by atoms with Crippen molar-refractivity contribution >= 4 is 0 Å². The summed E-state index contributed by atoms with van der Waals surface area (Å²) in [6.45, 7) is 18.0. The normalized spacial score (nSPS) is 20.1. The van der Waals surface area contributed by atoms with E-state index in [1.807, 2.05) is 0 Å². The van der Waals surface area contributed by atoms with Crippen molar-refractivity contribution in [1.29, 1.82) is 0 Å². The lowest BCUT2D eigenvalue weighted by Gasteiger charge is -2.41. The van der Waals surface area contributed by atoms with Gasteiger partial charge in [0.05, 0.1) is 0 Å². The van der Waals surface area contributed by atoms with Crippen LogP contribution in [0.1, 0.15) is 53.9 Å². The number of rotatable bonds is 5. The standard InChI is InChI=1S/C15H32N2/c1-6-10-16(7-2)13-14-8-11-17(12-9-14)15(3,4)5/h14H,6-13H2,1-5H3. The van der Waals surface area contributed by atoms with E-state index in [1.165, 1.54) is 52.0 Å². The molecule has 17 heavy (non-hydrogen) atoms. The molecule has 0 N–H and O–H groups in total. The van der Waals surface area contributed by atoms with Crippen LogP contribution in [0, 0.1) is 5.92 Å². The second-order valence-corrected chi connectivity index (χ2v) is 6.49. The molecule has 0 saturated carbocycles. The molecule has 1 saturated heterocycles. The van der Waals surface area contributed by atoms with Crippen LogP contribution in [0.5, 0.6) is 0 Å². The van der Waals surface area contributed by atoms with Gasteiger partial charge in [0.25, 0.3) is 0 Å². The summed E-state index contributed by atoms with van der Waals surface area (Å²) >= 11 is 0. The number of hydrogen-bond acceptors (Lipinski definition) is 2. The first-order valence-electron chi connectivity index (χ1n) is 7.44. The van der Waals surface area contributed by atoms with Crippen molar-refractivity contribution in [2.45, 2.75) is 59.4 Å². The van der Waals surface area contributed by atoms with Gasteiger partial charge in [0.2, 0.25) is 0 Å². The second kappa shape index (κ2) is 6.75. The molecule has 0 amide bonds. The van der Waals surface area contributed by atoms with Crippen LogP contribution in [-0.4, -0.2) is 48.1 Å². The van der Waals surface area contributed by atoms with Crippen LogP contribution in [0.4, 0.5) is 0 Å². The molecule has 0 radical (unpaired) electrons. The van der Waals surface area contributed by atoms with Gasteiger partial charge in [-0.1, -0.05) is 13.8 Å². The zero-order chi connectivity index (χ0) is 12.9. The zero-order valence-electron chi connectivity index (χ0n) is 12.6. The minimum atomic E-state index is 0.360. The van der Waals surface area contributed by atoms with Crippen LogP contribution in [-0.2, 0) is 0 Å². The van der Waals surface area contributed by atoms with Crippen molar-refractivity contribution in [2.24, 2.45) is 5.92 Å².